The summed E-state index contributed by atoms with van der Waals surface area (Å²) in [4.78, 5) is 23.3. The standard InChI is InChI=1S/C13H21N3O5/c1-3-11(6-17)14-8-12(15(18)19)5-4-10(2)13(7-12,9-14)16(20)21/h4,11,17H,3,5-9H2,1-2H3/p+1/t11-,12-,13-/m1/s1. The van der Waals surface area contributed by atoms with Gasteiger partial charge < -0.3 is 10.0 Å². The average Bonchev–Trinajstić information content (AvgIpc) is 2.44. The minimum atomic E-state index is -1.37. The number of quaternary nitrogens is 1. The molecule has 0 aromatic carbocycles. The molecule has 0 spiro atoms. The molecule has 0 saturated carbocycles. The van der Waals surface area contributed by atoms with Gasteiger partial charge in [-0.1, -0.05) is 13.0 Å². The highest BCUT2D eigenvalue weighted by Crippen LogP contribution is 2.40. The van der Waals surface area contributed by atoms with Gasteiger partial charge in [0.2, 0.25) is 0 Å². The highest BCUT2D eigenvalue weighted by molar-refractivity contribution is 5.23. The molecule has 4 atom stereocenters. The van der Waals surface area contributed by atoms with Crippen LogP contribution in [0.2, 0.25) is 0 Å². The summed E-state index contributed by atoms with van der Waals surface area (Å²) in [6.45, 7) is 3.90. The lowest BCUT2D eigenvalue weighted by molar-refractivity contribution is -0.965. The van der Waals surface area contributed by atoms with Crippen molar-refractivity contribution in [3.05, 3.63) is 31.9 Å². The van der Waals surface area contributed by atoms with Gasteiger partial charge in [-0.15, -0.1) is 0 Å². The molecule has 0 radical (unpaired) electrons. The molecule has 8 nitrogen and oxygen atoms in total. The summed E-state index contributed by atoms with van der Waals surface area (Å²) in [6, 6.07) is -0.199. The number of hydrogen-bond donors (Lipinski definition) is 2. The van der Waals surface area contributed by atoms with Crippen molar-refractivity contribution < 1.29 is 19.9 Å². The summed E-state index contributed by atoms with van der Waals surface area (Å²) in [5.74, 6) is 0. The molecule has 8 heteroatoms. The van der Waals surface area contributed by atoms with Crippen molar-refractivity contribution in [1.29, 1.82) is 0 Å². The fourth-order valence-corrected chi connectivity index (χ4v) is 3.80. The average molecular weight is 300 g/mol. The number of nitro groups is 2. The third-order valence-electron chi connectivity index (χ3n) is 5.25. The second-order valence-corrected chi connectivity index (χ2v) is 6.34. The van der Waals surface area contributed by atoms with Gasteiger partial charge in [0.1, 0.15) is 19.0 Å². The maximum absolute atomic E-state index is 11.7. The Bertz CT molecular complexity index is 490. The van der Waals surface area contributed by atoms with Crippen LogP contribution in [0.5, 0.6) is 0 Å². The van der Waals surface area contributed by atoms with Crippen molar-refractivity contribution in [1.82, 2.24) is 0 Å². The molecule has 118 valence electrons. The van der Waals surface area contributed by atoms with Crippen LogP contribution in [0.1, 0.15) is 33.1 Å². The Morgan fingerprint density at radius 3 is 2.52 bits per heavy atom. The van der Waals surface area contributed by atoms with E-state index in [0.29, 0.717) is 12.0 Å². The van der Waals surface area contributed by atoms with Crippen LogP contribution in [0.3, 0.4) is 0 Å². The van der Waals surface area contributed by atoms with E-state index in [1.165, 1.54) is 0 Å². The number of piperidine rings is 1. The minimum absolute atomic E-state index is 0.0479. The molecule has 0 aromatic rings. The largest absolute Gasteiger partial charge is 0.390 e. The monoisotopic (exact) mass is 300 g/mol. The smallest absolute Gasteiger partial charge is 0.297 e. The Morgan fingerprint density at radius 2 is 2.05 bits per heavy atom. The predicted molar refractivity (Wildman–Crippen MR) is 74.3 cm³/mol. The normalized spacial score (nSPS) is 36.7. The summed E-state index contributed by atoms with van der Waals surface area (Å²) in [7, 11) is 0. The van der Waals surface area contributed by atoms with Crippen molar-refractivity contribution in [3.63, 3.8) is 0 Å². The lowest BCUT2D eigenvalue weighted by Gasteiger charge is -2.45. The van der Waals surface area contributed by atoms with Crippen molar-refractivity contribution in [2.24, 2.45) is 0 Å². The van der Waals surface area contributed by atoms with E-state index >= 15 is 0 Å². The summed E-state index contributed by atoms with van der Waals surface area (Å²) in [6.07, 6.45) is 2.47. The molecule has 2 rings (SSSR count). The molecule has 1 heterocycles. The zero-order valence-corrected chi connectivity index (χ0v) is 12.4. The van der Waals surface area contributed by atoms with Crippen molar-refractivity contribution in [2.75, 3.05) is 19.7 Å². The minimum Gasteiger partial charge on any atom is -0.390 e. The molecule has 0 amide bonds. The number of aliphatic hydroxyl groups is 1. The van der Waals surface area contributed by atoms with Crippen LogP contribution in [0, 0.1) is 20.2 Å². The first-order valence-corrected chi connectivity index (χ1v) is 7.23. The zero-order valence-electron chi connectivity index (χ0n) is 12.4. The van der Waals surface area contributed by atoms with E-state index < -0.39 is 11.1 Å². The maximum Gasteiger partial charge on any atom is 0.297 e. The Morgan fingerprint density at radius 1 is 1.38 bits per heavy atom. The summed E-state index contributed by atoms with van der Waals surface area (Å²) in [5.41, 5.74) is -2.06. The second-order valence-electron chi connectivity index (χ2n) is 6.34. The van der Waals surface area contributed by atoms with E-state index in [0.717, 1.165) is 4.90 Å². The third-order valence-corrected chi connectivity index (χ3v) is 5.25. The number of likely N-dealkylation sites (tertiary alicyclic amines) is 1. The quantitative estimate of drug-likeness (QED) is 0.401. The van der Waals surface area contributed by atoms with Gasteiger partial charge >= 0.3 is 0 Å². The molecule has 1 saturated heterocycles. The first-order chi connectivity index (χ1) is 9.81. The summed E-state index contributed by atoms with van der Waals surface area (Å²) in [5, 5.41) is 32.7. The van der Waals surface area contributed by atoms with Crippen LogP contribution < -0.4 is 4.90 Å². The predicted octanol–water partition coefficient (Wildman–Crippen LogP) is -0.573. The maximum atomic E-state index is 11.7. The molecule has 21 heavy (non-hydrogen) atoms. The second kappa shape index (κ2) is 5.34. The van der Waals surface area contributed by atoms with Crippen molar-refractivity contribution >= 4 is 0 Å². The first kappa shape index (κ1) is 15.8. The highest BCUT2D eigenvalue weighted by Gasteiger charge is 2.67. The fraction of sp³-hybridized carbons (Fsp3) is 0.846. The van der Waals surface area contributed by atoms with Gasteiger partial charge in [-0.2, -0.15) is 0 Å². The Labute approximate surface area is 122 Å². The van der Waals surface area contributed by atoms with Gasteiger partial charge in [0.25, 0.3) is 11.1 Å². The Hall–Kier alpha value is -1.54. The van der Waals surface area contributed by atoms with E-state index in [1.54, 1.807) is 13.0 Å². The molecule has 0 aromatic heterocycles. The number of hydrogen-bond acceptors (Lipinski definition) is 5. The molecule has 1 fully saturated rings. The van der Waals surface area contributed by atoms with Gasteiger partial charge in [-0.25, -0.2) is 0 Å². The van der Waals surface area contributed by atoms with Crippen molar-refractivity contribution in [3.8, 4) is 0 Å². The fourth-order valence-electron chi connectivity index (χ4n) is 3.80. The van der Waals surface area contributed by atoms with Crippen LogP contribution in [0.25, 0.3) is 0 Å². The molecule has 1 unspecified atom stereocenters. The summed E-state index contributed by atoms with van der Waals surface area (Å²) >= 11 is 0. The number of nitrogens with zero attached hydrogens (tertiary/aromatic N) is 2. The molecular formula is C13H22N3O5+. The van der Waals surface area contributed by atoms with Gasteiger partial charge in [0.15, 0.2) is 6.54 Å². The van der Waals surface area contributed by atoms with Gasteiger partial charge in [0.05, 0.1) is 6.61 Å². The summed E-state index contributed by atoms with van der Waals surface area (Å²) < 4.78 is 0. The van der Waals surface area contributed by atoms with Crippen LogP contribution in [-0.4, -0.2) is 51.8 Å². The van der Waals surface area contributed by atoms with Crippen molar-refractivity contribution in [2.45, 2.75) is 50.2 Å². The zero-order chi connectivity index (χ0) is 15.8. The van der Waals surface area contributed by atoms with E-state index in [2.05, 4.69) is 0 Å². The molecule has 1 aliphatic carbocycles. The molecule has 1 aliphatic heterocycles. The molecular weight excluding hydrogens is 278 g/mol. The van der Waals surface area contributed by atoms with E-state index in [4.69, 9.17) is 0 Å². The van der Waals surface area contributed by atoms with E-state index in [9.17, 15) is 25.3 Å². The van der Waals surface area contributed by atoms with Crippen LogP contribution in [0.15, 0.2) is 11.6 Å². The number of aliphatic hydroxyl groups excluding tert-OH is 1. The lowest BCUT2D eigenvalue weighted by Crippen LogP contribution is -3.21. The van der Waals surface area contributed by atoms with Crippen LogP contribution in [0.4, 0.5) is 0 Å². The lowest BCUT2D eigenvalue weighted by atomic mass is 9.68. The Kier molecular flexibility index (Phi) is 4.03. The SMILES string of the molecule is CC[C@H](CO)[NH+]1C[C@@]2([N+](=O)[O-])CC=C(C)[C@]([N+](=O)[O-])(C1)C2. The Balaban J connectivity index is 2.49. The molecule has 2 N–H and O–H groups in total. The number of fused-ring (bicyclic) bond motifs is 2. The molecule has 2 bridgehead atoms. The highest BCUT2D eigenvalue weighted by atomic mass is 16.6. The third kappa shape index (κ3) is 2.32. The molecule has 2 aliphatic rings. The topological polar surface area (TPSA) is 111 Å². The van der Waals surface area contributed by atoms with E-state index in [1.807, 2.05) is 6.92 Å². The van der Waals surface area contributed by atoms with Gasteiger partial charge in [-0.05, 0) is 13.3 Å². The number of rotatable bonds is 5. The van der Waals surface area contributed by atoms with Gasteiger partial charge in [0, 0.05) is 21.8 Å². The van der Waals surface area contributed by atoms with E-state index in [-0.39, 0.29) is 48.4 Å². The van der Waals surface area contributed by atoms with Gasteiger partial charge in [-0.3, -0.25) is 20.2 Å². The van der Waals surface area contributed by atoms with Crippen LogP contribution >= 0.6 is 0 Å². The number of nitrogens with one attached hydrogen (secondary N) is 1. The van der Waals surface area contributed by atoms with Crippen LogP contribution in [-0.2, 0) is 0 Å². The first-order valence-electron chi connectivity index (χ1n) is 7.23.